The van der Waals surface area contributed by atoms with Crippen LogP contribution in [0.5, 0.6) is 0 Å². The normalized spacial score (nSPS) is 9.69. The molecule has 0 bridgehead atoms. The van der Waals surface area contributed by atoms with Crippen molar-refractivity contribution in [1.82, 2.24) is 0 Å². The Morgan fingerprint density at radius 2 is 0.562 bits per heavy atom. The maximum absolute atomic E-state index is 10.1. The molecule has 0 aliphatic rings. The number of hydrogen-bond acceptors (Lipinski definition) is 6. The van der Waals surface area contributed by atoms with Crippen LogP contribution < -0.4 is 11.5 Å². The second-order valence-corrected chi connectivity index (χ2v) is 7.39. The van der Waals surface area contributed by atoms with E-state index in [1.54, 1.807) is 0 Å². The van der Waals surface area contributed by atoms with Gasteiger partial charge < -0.3 is 31.9 Å². The largest absolute Gasteiger partial charge is 0.481 e. The first-order valence-electron chi connectivity index (χ1n) is 11.4. The van der Waals surface area contributed by atoms with E-state index < -0.39 is 23.9 Å². The average Bonchev–Trinajstić information content (AvgIpc) is 2.71. The topological polar surface area (TPSA) is 201 Å². The second kappa shape index (κ2) is 28.8. The lowest BCUT2D eigenvalue weighted by atomic mass is 10.1. The van der Waals surface area contributed by atoms with Gasteiger partial charge in [-0.05, 0) is 51.6 Å². The Labute approximate surface area is 191 Å². The molecule has 10 heteroatoms. The molecule has 0 fully saturated rings. The fourth-order valence-electron chi connectivity index (χ4n) is 2.45. The molecule has 0 aromatic rings. The van der Waals surface area contributed by atoms with Gasteiger partial charge in [-0.2, -0.15) is 0 Å². The molecule has 0 unspecified atom stereocenters. The van der Waals surface area contributed by atoms with Crippen molar-refractivity contribution in [3.8, 4) is 0 Å². The summed E-state index contributed by atoms with van der Waals surface area (Å²) in [6.07, 6.45) is 11.6. The summed E-state index contributed by atoms with van der Waals surface area (Å²) < 4.78 is 0. The molecule has 0 radical (unpaired) electrons. The SMILES string of the molecule is NCCCCCCN.O=C(O)CCCCC(=O)O.O=C(O)CCCCCCCCC(=O)O. The zero-order chi connectivity index (χ0) is 25.0. The van der Waals surface area contributed by atoms with Gasteiger partial charge in [-0.15, -0.1) is 0 Å². The Kier molecular flexibility index (Phi) is 31.0. The first-order chi connectivity index (χ1) is 15.2. The Balaban J connectivity index is -0.000000413. The van der Waals surface area contributed by atoms with Crippen molar-refractivity contribution in [3.63, 3.8) is 0 Å². The van der Waals surface area contributed by atoms with Gasteiger partial charge in [0.15, 0.2) is 0 Å². The first kappa shape index (κ1) is 34.4. The van der Waals surface area contributed by atoms with Crippen LogP contribution in [0.15, 0.2) is 0 Å². The summed E-state index contributed by atoms with van der Waals surface area (Å²) in [6.45, 7) is 1.65. The molecule has 0 heterocycles. The summed E-state index contributed by atoms with van der Waals surface area (Å²) in [5.41, 5.74) is 10.6. The van der Waals surface area contributed by atoms with Crippen LogP contribution in [0.1, 0.15) is 103 Å². The van der Waals surface area contributed by atoms with E-state index in [-0.39, 0.29) is 25.7 Å². The summed E-state index contributed by atoms with van der Waals surface area (Å²) in [4.78, 5) is 40.1. The van der Waals surface area contributed by atoms with Gasteiger partial charge in [-0.1, -0.05) is 38.5 Å². The molecule has 10 nitrogen and oxygen atoms in total. The molecule has 0 aliphatic carbocycles. The monoisotopic (exact) mass is 464 g/mol. The smallest absolute Gasteiger partial charge is 0.303 e. The summed E-state index contributed by atoms with van der Waals surface area (Å²) in [7, 11) is 0. The van der Waals surface area contributed by atoms with Crippen molar-refractivity contribution in [2.45, 2.75) is 103 Å². The van der Waals surface area contributed by atoms with Gasteiger partial charge in [-0.25, -0.2) is 0 Å². The summed E-state index contributed by atoms with van der Waals surface area (Å²) in [5, 5.41) is 33.0. The van der Waals surface area contributed by atoms with Crippen LogP contribution in [0, 0.1) is 0 Å². The van der Waals surface area contributed by atoms with Gasteiger partial charge >= 0.3 is 23.9 Å². The molecular weight excluding hydrogens is 420 g/mol. The molecule has 0 aliphatic heterocycles. The zero-order valence-corrected chi connectivity index (χ0v) is 19.3. The van der Waals surface area contributed by atoms with E-state index in [4.69, 9.17) is 31.9 Å². The minimum absolute atomic E-state index is 0.0628. The van der Waals surface area contributed by atoms with Gasteiger partial charge in [0, 0.05) is 25.7 Å². The van der Waals surface area contributed by atoms with Crippen LogP contribution in [-0.4, -0.2) is 57.4 Å². The number of aliphatic carboxylic acids is 4. The van der Waals surface area contributed by atoms with Crippen LogP contribution in [0.4, 0.5) is 0 Å². The Morgan fingerprint density at radius 1 is 0.375 bits per heavy atom. The lowest BCUT2D eigenvalue weighted by Crippen LogP contribution is -2.00. The first-order valence-corrected chi connectivity index (χ1v) is 11.4. The molecule has 8 N–H and O–H groups in total. The number of rotatable bonds is 19. The molecule has 0 aromatic heterocycles. The van der Waals surface area contributed by atoms with E-state index >= 15 is 0 Å². The Bertz CT molecular complexity index is 431. The highest BCUT2D eigenvalue weighted by Gasteiger charge is 1.99. The van der Waals surface area contributed by atoms with Crippen molar-refractivity contribution >= 4 is 23.9 Å². The molecule has 0 saturated heterocycles. The number of carboxylic acid groups (broad SMARTS) is 4. The Hall–Kier alpha value is -2.20. The fraction of sp³-hybridized carbons (Fsp3) is 0.818. The molecule has 0 spiro atoms. The van der Waals surface area contributed by atoms with Crippen molar-refractivity contribution in [3.05, 3.63) is 0 Å². The lowest BCUT2D eigenvalue weighted by Gasteiger charge is -1.98. The molecule has 0 saturated carbocycles. The van der Waals surface area contributed by atoms with Crippen LogP contribution in [-0.2, 0) is 19.2 Å². The van der Waals surface area contributed by atoms with Crippen molar-refractivity contribution in [2.75, 3.05) is 13.1 Å². The highest BCUT2D eigenvalue weighted by molar-refractivity contribution is 5.68. The second-order valence-electron chi connectivity index (χ2n) is 7.39. The highest BCUT2D eigenvalue weighted by atomic mass is 16.4. The van der Waals surface area contributed by atoms with Crippen LogP contribution >= 0.6 is 0 Å². The lowest BCUT2D eigenvalue weighted by molar-refractivity contribution is -0.139. The van der Waals surface area contributed by atoms with Gasteiger partial charge in [0.1, 0.15) is 0 Å². The zero-order valence-electron chi connectivity index (χ0n) is 19.3. The van der Waals surface area contributed by atoms with Crippen molar-refractivity contribution < 1.29 is 39.6 Å². The molecule has 0 amide bonds. The third-order valence-corrected chi connectivity index (χ3v) is 4.22. The number of hydrogen-bond donors (Lipinski definition) is 6. The summed E-state index contributed by atoms with van der Waals surface area (Å²) >= 11 is 0. The van der Waals surface area contributed by atoms with Crippen LogP contribution in [0.2, 0.25) is 0 Å². The molecule has 0 aromatic carbocycles. The quantitative estimate of drug-likeness (QED) is 0.154. The minimum atomic E-state index is -0.870. The molecular formula is C22H44N2O8. The van der Waals surface area contributed by atoms with Crippen molar-refractivity contribution in [2.24, 2.45) is 11.5 Å². The third-order valence-electron chi connectivity index (χ3n) is 4.22. The summed E-state index contributed by atoms with van der Waals surface area (Å²) in [5.74, 6) is -3.22. The van der Waals surface area contributed by atoms with E-state index in [1.165, 1.54) is 12.8 Å². The number of carbonyl (C=O) groups is 4. The van der Waals surface area contributed by atoms with E-state index in [9.17, 15) is 19.2 Å². The number of unbranched alkanes of at least 4 members (excludes halogenated alkanes) is 9. The molecule has 190 valence electrons. The molecule has 0 atom stereocenters. The van der Waals surface area contributed by atoms with Crippen molar-refractivity contribution in [1.29, 1.82) is 0 Å². The van der Waals surface area contributed by atoms with Gasteiger partial charge in [0.05, 0.1) is 0 Å². The molecule has 0 rings (SSSR count). The van der Waals surface area contributed by atoms with Crippen LogP contribution in [0.25, 0.3) is 0 Å². The number of nitrogens with two attached hydrogens (primary N) is 2. The predicted molar refractivity (Wildman–Crippen MR) is 123 cm³/mol. The van der Waals surface area contributed by atoms with E-state index in [0.29, 0.717) is 12.8 Å². The average molecular weight is 465 g/mol. The van der Waals surface area contributed by atoms with Crippen LogP contribution in [0.3, 0.4) is 0 Å². The third kappa shape index (κ3) is 46.2. The fourth-order valence-corrected chi connectivity index (χ4v) is 2.45. The maximum atomic E-state index is 10.1. The standard InChI is InChI=1S/C10H18O4.C6H16N2.C6H10O4/c11-9(12)7-5-3-1-2-4-6-8-10(13)14;7-5-3-1-2-4-6-8;7-5(8)3-1-2-4-6(9)10/h1-8H2,(H,11,12)(H,13,14);1-8H2;1-4H2,(H,7,8)(H,9,10). The minimum Gasteiger partial charge on any atom is -0.481 e. The maximum Gasteiger partial charge on any atom is 0.303 e. The highest BCUT2D eigenvalue weighted by Crippen LogP contribution is 2.08. The van der Waals surface area contributed by atoms with E-state index in [2.05, 4.69) is 0 Å². The Morgan fingerprint density at radius 3 is 0.781 bits per heavy atom. The van der Waals surface area contributed by atoms with Gasteiger partial charge in [-0.3, -0.25) is 19.2 Å². The van der Waals surface area contributed by atoms with E-state index in [0.717, 1.165) is 64.5 Å². The number of carboxylic acids is 4. The van der Waals surface area contributed by atoms with Gasteiger partial charge in [0.2, 0.25) is 0 Å². The van der Waals surface area contributed by atoms with E-state index in [1.807, 2.05) is 0 Å². The summed E-state index contributed by atoms with van der Waals surface area (Å²) in [6, 6.07) is 0. The molecule has 32 heavy (non-hydrogen) atoms. The predicted octanol–water partition coefficient (Wildman–Crippen LogP) is 3.46. The van der Waals surface area contributed by atoms with Gasteiger partial charge in [0.25, 0.3) is 0 Å².